The number of rotatable bonds is 7. The first-order chi connectivity index (χ1) is 13.4. The average molecular weight is 386 g/mol. The molecule has 11 nitrogen and oxygen atoms in total. The lowest BCUT2D eigenvalue weighted by molar-refractivity contribution is -0.386. The Balaban J connectivity index is 1.64. The van der Waals surface area contributed by atoms with E-state index in [2.05, 4.69) is 20.6 Å². The predicted octanol–water partition coefficient (Wildman–Crippen LogP) is 1.78. The minimum absolute atomic E-state index is 0.0514. The fourth-order valence-corrected chi connectivity index (χ4v) is 2.65. The normalized spacial score (nSPS) is 10.7. The fourth-order valence-electron chi connectivity index (χ4n) is 2.65. The van der Waals surface area contributed by atoms with Gasteiger partial charge in [0.2, 0.25) is 0 Å². The van der Waals surface area contributed by atoms with Gasteiger partial charge in [-0.25, -0.2) is 0 Å². The van der Waals surface area contributed by atoms with Crippen LogP contribution in [0, 0.1) is 24.0 Å². The Morgan fingerprint density at radius 2 is 2.04 bits per heavy atom. The third-order valence-electron chi connectivity index (χ3n) is 4.09. The van der Waals surface area contributed by atoms with E-state index in [-0.39, 0.29) is 30.5 Å². The molecule has 11 heteroatoms. The van der Waals surface area contributed by atoms with Gasteiger partial charge in [0.1, 0.15) is 23.7 Å². The van der Waals surface area contributed by atoms with Crippen LogP contribution < -0.4 is 10.1 Å². The summed E-state index contributed by atoms with van der Waals surface area (Å²) in [7, 11) is 1.58. The van der Waals surface area contributed by atoms with Crippen molar-refractivity contribution in [1.29, 1.82) is 0 Å². The van der Waals surface area contributed by atoms with Crippen LogP contribution in [0.3, 0.4) is 0 Å². The third kappa shape index (κ3) is 3.98. The summed E-state index contributed by atoms with van der Waals surface area (Å²) < 4.78 is 11.5. The van der Waals surface area contributed by atoms with Crippen LogP contribution in [-0.4, -0.2) is 37.9 Å². The Labute approximate surface area is 159 Å². The van der Waals surface area contributed by atoms with Gasteiger partial charge in [0.25, 0.3) is 0 Å². The van der Waals surface area contributed by atoms with Crippen LogP contribution in [-0.2, 0) is 13.1 Å². The van der Waals surface area contributed by atoms with Crippen molar-refractivity contribution in [3.8, 4) is 5.75 Å². The van der Waals surface area contributed by atoms with Gasteiger partial charge in [-0.3, -0.25) is 19.6 Å². The van der Waals surface area contributed by atoms with Gasteiger partial charge in [0.15, 0.2) is 5.82 Å². The van der Waals surface area contributed by atoms with Crippen LogP contribution in [0.4, 0.5) is 5.69 Å². The number of carbonyl (C=O) groups is 1. The molecule has 1 amide bonds. The zero-order chi connectivity index (χ0) is 20.3. The Hall–Kier alpha value is -3.76. The number of hydrogen-bond acceptors (Lipinski definition) is 8. The van der Waals surface area contributed by atoms with Gasteiger partial charge in [0, 0.05) is 6.54 Å². The predicted molar refractivity (Wildman–Crippen MR) is 95.9 cm³/mol. The number of aryl methyl sites for hydroxylation is 1. The monoisotopic (exact) mass is 386 g/mol. The van der Waals surface area contributed by atoms with Gasteiger partial charge >= 0.3 is 17.5 Å². The minimum atomic E-state index is -0.520. The lowest BCUT2D eigenvalue weighted by atomic mass is 10.2. The van der Waals surface area contributed by atoms with E-state index in [1.807, 2.05) is 12.1 Å². The molecule has 2 aromatic heterocycles. The maximum Gasteiger partial charge on any atom is 0.316 e. The third-order valence-corrected chi connectivity index (χ3v) is 4.09. The number of benzene rings is 1. The van der Waals surface area contributed by atoms with E-state index in [4.69, 9.17) is 9.26 Å². The molecule has 146 valence electrons. The first-order valence-corrected chi connectivity index (χ1v) is 8.31. The Morgan fingerprint density at radius 3 is 2.64 bits per heavy atom. The van der Waals surface area contributed by atoms with Crippen molar-refractivity contribution in [2.24, 2.45) is 0 Å². The van der Waals surface area contributed by atoms with Gasteiger partial charge in [-0.1, -0.05) is 17.3 Å². The molecular weight excluding hydrogens is 368 g/mol. The number of nitro groups is 1. The smallest absolute Gasteiger partial charge is 0.316 e. The summed E-state index contributed by atoms with van der Waals surface area (Å²) in [6, 6.07) is 7.24. The number of methoxy groups -OCH3 is 1. The van der Waals surface area contributed by atoms with Crippen LogP contribution in [0.25, 0.3) is 0 Å². The maximum absolute atomic E-state index is 12.2. The van der Waals surface area contributed by atoms with E-state index in [1.165, 1.54) is 4.68 Å². The van der Waals surface area contributed by atoms with Crippen molar-refractivity contribution in [3.05, 3.63) is 63.0 Å². The van der Waals surface area contributed by atoms with Crippen molar-refractivity contribution in [2.45, 2.75) is 26.9 Å². The average Bonchev–Trinajstić information content (AvgIpc) is 3.25. The Kier molecular flexibility index (Phi) is 5.34. The van der Waals surface area contributed by atoms with E-state index in [9.17, 15) is 14.9 Å². The number of aromatic nitrogens is 4. The van der Waals surface area contributed by atoms with Gasteiger partial charge in [0.05, 0.1) is 12.0 Å². The molecule has 3 rings (SSSR count). The van der Waals surface area contributed by atoms with Crippen LogP contribution in [0.5, 0.6) is 5.75 Å². The number of nitrogens with zero attached hydrogens (tertiary/aromatic N) is 5. The number of carbonyl (C=O) groups excluding carboxylic acids is 1. The van der Waals surface area contributed by atoms with Crippen LogP contribution in [0.1, 0.15) is 33.5 Å². The number of nitrogens with one attached hydrogen (secondary N) is 1. The summed E-state index contributed by atoms with van der Waals surface area (Å²) in [5.41, 5.74) is 1.49. The Morgan fingerprint density at radius 1 is 1.32 bits per heavy atom. The molecule has 0 atom stereocenters. The van der Waals surface area contributed by atoms with Crippen molar-refractivity contribution >= 4 is 11.6 Å². The molecule has 0 unspecified atom stereocenters. The summed E-state index contributed by atoms with van der Waals surface area (Å²) in [6.45, 7) is 3.47. The van der Waals surface area contributed by atoms with E-state index in [1.54, 1.807) is 33.1 Å². The molecule has 0 radical (unpaired) electrons. The molecule has 1 aromatic carbocycles. The zero-order valence-electron chi connectivity index (χ0n) is 15.5. The standard InChI is InChI=1S/C17H18N6O5/c1-10-15(23(25)26)11(2)22(20-10)9-14-19-17(28-21-14)16(24)18-8-12-4-6-13(27-3)7-5-12/h4-7H,8-9H2,1-3H3,(H,18,24). The molecule has 2 heterocycles. The Bertz CT molecular complexity index is 1010. The first kappa shape index (κ1) is 19.0. The maximum atomic E-state index is 12.2. The highest BCUT2D eigenvalue weighted by molar-refractivity contribution is 5.89. The van der Waals surface area contributed by atoms with Crippen molar-refractivity contribution in [3.63, 3.8) is 0 Å². The molecule has 0 aliphatic carbocycles. The second-order valence-corrected chi connectivity index (χ2v) is 5.98. The van der Waals surface area contributed by atoms with Gasteiger partial charge in [-0.05, 0) is 31.5 Å². The molecule has 0 spiro atoms. The molecule has 0 saturated heterocycles. The summed E-state index contributed by atoms with van der Waals surface area (Å²) in [5, 5.41) is 21.6. The lowest BCUT2D eigenvalue weighted by Gasteiger charge is -2.04. The quantitative estimate of drug-likeness (QED) is 0.479. The molecule has 0 saturated carbocycles. The molecule has 0 bridgehead atoms. The number of hydrogen-bond donors (Lipinski definition) is 1. The summed E-state index contributed by atoms with van der Waals surface area (Å²) >= 11 is 0. The van der Waals surface area contributed by atoms with E-state index in [0.717, 1.165) is 11.3 Å². The molecule has 0 fully saturated rings. The topological polar surface area (TPSA) is 138 Å². The molecular formula is C17H18N6O5. The lowest BCUT2D eigenvalue weighted by Crippen LogP contribution is -2.23. The van der Waals surface area contributed by atoms with E-state index >= 15 is 0 Å². The van der Waals surface area contributed by atoms with Crippen molar-refractivity contribution < 1.29 is 19.0 Å². The molecule has 1 N–H and O–H groups in total. The van der Waals surface area contributed by atoms with Crippen molar-refractivity contribution in [1.82, 2.24) is 25.2 Å². The second kappa shape index (κ2) is 7.86. The molecule has 0 aliphatic rings. The SMILES string of the molecule is COc1ccc(CNC(=O)c2nc(Cn3nc(C)c([N+](=O)[O-])c3C)no2)cc1. The highest BCUT2D eigenvalue weighted by atomic mass is 16.6. The number of amides is 1. The minimum Gasteiger partial charge on any atom is -0.497 e. The summed E-state index contributed by atoms with van der Waals surface area (Å²) in [6.07, 6.45) is 0. The largest absolute Gasteiger partial charge is 0.497 e. The van der Waals surface area contributed by atoms with Gasteiger partial charge in [-0.15, -0.1) is 0 Å². The highest BCUT2D eigenvalue weighted by Gasteiger charge is 2.23. The van der Waals surface area contributed by atoms with Gasteiger partial charge in [-0.2, -0.15) is 10.1 Å². The first-order valence-electron chi connectivity index (χ1n) is 8.31. The highest BCUT2D eigenvalue weighted by Crippen LogP contribution is 2.22. The molecule has 0 aliphatic heterocycles. The summed E-state index contributed by atoms with van der Waals surface area (Å²) in [4.78, 5) is 26.8. The zero-order valence-corrected chi connectivity index (χ0v) is 15.5. The second-order valence-electron chi connectivity index (χ2n) is 5.98. The van der Waals surface area contributed by atoms with Crippen LogP contribution >= 0.6 is 0 Å². The van der Waals surface area contributed by atoms with Gasteiger partial charge < -0.3 is 14.6 Å². The number of ether oxygens (including phenoxy) is 1. The summed E-state index contributed by atoms with van der Waals surface area (Å²) in [5.74, 6) is 0.199. The van der Waals surface area contributed by atoms with E-state index in [0.29, 0.717) is 11.4 Å². The van der Waals surface area contributed by atoms with Crippen LogP contribution in [0.2, 0.25) is 0 Å². The molecule has 3 aromatic rings. The molecule has 28 heavy (non-hydrogen) atoms. The van der Waals surface area contributed by atoms with Crippen LogP contribution in [0.15, 0.2) is 28.8 Å². The van der Waals surface area contributed by atoms with Crippen molar-refractivity contribution in [2.75, 3.05) is 7.11 Å². The van der Waals surface area contributed by atoms with E-state index < -0.39 is 10.8 Å². The fraction of sp³-hybridized carbons (Fsp3) is 0.294.